The Morgan fingerprint density at radius 1 is 1.39 bits per heavy atom. The van der Waals surface area contributed by atoms with Gasteiger partial charge >= 0.3 is 0 Å². The lowest BCUT2D eigenvalue weighted by Crippen LogP contribution is -2.64. The van der Waals surface area contributed by atoms with Crippen molar-refractivity contribution in [2.24, 2.45) is 5.92 Å². The molecule has 5 nitrogen and oxygen atoms in total. The molecule has 0 aliphatic carbocycles. The standard InChI is InChI=1S/C13H27N3O2/c1-9(2)8-11-13(18)15-10(12(17)16-11)6-4-5-7-14-3/h9-12,14,16-17H,4-8H2,1-3H3,(H,15,18). The molecule has 0 radical (unpaired) electrons. The highest BCUT2D eigenvalue weighted by molar-refractivity contribution is 5.82. The van der Waals surface area contributed by atoms with Crippen LogP contribution in [0.1, 0.15) is 39.5 Å². The third-order valence-corrected chi connectivity index (χ3v) is 3.30. The normalized spacial score (nSPS) is 28.5. The average Bonchev–Trinajstić information content (AvgIpc) is 2.29. The molecule has 1 aliphatic heterocycles. The molecule has 4 N–H and O–H groups in total. The third kappa shape index (κ3) is 4.92. The monoisotopic (exact) mass is 257 g/mol. The number of aliphatic hydroxyl groups excluding tert-OH is 1. The molecule has 1 aliphatic rings. The van der Waals surface area contributed by atoms with Crippen molar-refractivity contribution in [1.82, 2.24) is 16.0 Å². The SMILES string of the molecule is CNCCCCC1NC(=O)C(CC(C)C)NC1O. The van der Waals surface area contributed by atoms with Crippen LogP contribution in [-0.4, -0.2) is 42.9 Å². The van der Waals surface area contributed by atoms with Crippen molar-refractivity contribution in [2.45, 2.75) is 57.8 Å². The zero-order valence-corrected chi connectivity index (χ0v) is 11.7. The molecule has 1 saturated heterocycles. The van der Waals surface area contributed by atoms with Crippen molar-refractivity contribution in [3.05, 3.63) is 0 Å². The Labute approximate surface area is 110 Å². The molecule has 3 atom stereocenters. The van der Waals surface area contributed by atoms with Crippen LogP contribution in [-0.2, 0) is 4.79 Å². The predicted molar refractivity (Wildman–Crippen MR) is 72.1 cm³/mol. The smallest absolute Gasteiger partial charge is 0.237 e. The molecule has 0 spiro atoms. The summed E-state index contributed by atoms with van der Waals surface area (Å²) in [5.41, 5.74) is 0. The van der Waals surface area contributed by atoms with E-state index in [1.165, 1.54) is 0 Å². The Morgan fingerprint density at radius 2 is 2.11 bits per heavy atom. The van der Waals surface area contributed by atoms with E-state index in [-0.39, 0.29) is 18.0 Å². The number of rotatable bonds is 7. The maximum Gasteiger partial charge on any atom is 0.237 e. The van der Waals surface area contributed by atoms with Crippen LogP contribution in [0.2, 0.25) is 0 Å². The number of carbonyl (C=O) groups is 1. The first-order valence-corrected chi connectivity index (χ1v) is 6.93. The quantitative estimate of drug-likeness (QED) is 0.492. The minimum Gasteiger partial charge on any atom is -0.376 e. The Bertz CT molecular complexity index is 259. The minimum atomic E-state index is -0.624. The van der Waals surface area contributed by atoms with Gasteiger partial charge in [-0.2, -0.15) is 0 Å². The lowest BCUT2D eigenvalue weighted by molar-refractivity contribution is -0.130. The van der Waals surface area contributed by atoms with Crippen molar-refractivity contribution in [1.29, 1.82) is 0 Å². The number of piperazine rings is 1. The molecule has 5 heteroatoms. The molecule has 18 heavy (non-hydrogen) atoms. The molecular weight excluding hydrogens is 230 g/mol. The maximum absolute atomic E-state index is 11.9. The van der Waals surface area contributed by atoms with Gasteiger partial charge in [-0.1, -0.05) is 13.8 Å². The van der Waals surface area contributed by atoms with Crippen LogP contribution >= 0.6 is 0 Å². The van der Waals surface area contributed by atoms with Crippen molar-refractivity contribution < 1.29 is 9.90 Å². The molecule has 0 aromatic rings. The average molecular weight is 257 g/mol. The van der Waals surface area contributed by atoms with E-state index in [2.05, 4.69) is 29.8 Å². The molecule has 1 fully saturated rings. The van der Waals surface area contributed by atoms with Crippen molar-refractivity contribution in [2.75, 3.05) is 13.6 Å². The van der Waals surface area contributed by atoms with Gasteiger partial charge in [0.25, 0.3) is 0 Å². The van der Waals surface area contributed by atoms with Crippen LogP contribution in [0.4, 0.5) is 0 Å². The zero-order chi connectivity index (χ0) is 13.5. The summed E-state index contributed by atoms with van der Waals surface area (Å²) >= 11 is 0. The second kappa shape index (κ2) is 7.71. The van der Waals surface area contributed by atoms with Crippen LogP contribution in [0, 0.1) is 5.92 Å². The highest BCUT2D eigenvalue weighted by Crippen LogP contribution is 2.13. The highest BCUT2D eigenvalue weighted by atomic mass is 16.3. The van der Waals surface area contributed by atoms with Gasteiger partial charge in [-0.15, -0.1) is 0 Å². The maximum atomic E-state index is 11.9. The van der Waals surface area contributed by atoms with Gasteiger partial charge in [0, 0.05) is 0 Å². The summed E-state index contributed by atoms with van der Waals surface area (Å²) in [5, 5.41) is 19.0. The zero-order valence-electron chi connectivity index (χ0n) is 11.7. The lowest BCUT2D eigenvalue weighted by atomic mass is 9.98. The first-order valence-electron chi connectivity index (χ1n) is 6.93. The number of hydrogen-bond acceptors (Lipinski definition) is 4. The van der Waals surface area contributed by atoms with E-state index in [1.54, 1.807) is 0 Å². The van der Waals surface area contributed by atoms with Crippen LogP contribution in [0.3, 0.4) is 0 Å². The number of hydrogen-bond donors (Lipinski definition) is 4. The molecule has 0 saturated carbocycles. The number of carbonyl (C=O) groups excluding carboxylic acids is 1. The summed E-state index contributed by atoms with van der Waals surface area (Å²) in [5.74, 6) is 0.459. The molecular formula is C13H27N3O2. The van der Waals surface area contributed by atoms with E-state index >= 15 is 0 Å². The Kier molecular flexibility index (Phi) is 6.60. The summed E-state index contributed by atoms with van der Waals surface area (Å²) in [4.78, 5) is 11.9. The molecule has 0 aromatic heterocycles. The molecule has 106 valence electrons. The van der Waals surface area contributed by atoms with Crippen LogP contribution in [0.25, 0.3) is 0 Å². The molecule has 0 bridgehead atoms. The fourth-order valence-electron chi connectivity index (χ4n) is 2.30. The summed E-state index contributed by atoms with van der Waals surface area (Å²) < 4.78 is 0. The van der Waals surface area contributed by atoms with E-state index < -0.39 is 6.23 Å². The minimum absolute atomic E-state index is 0.0209. The van der Waals surface area contributed by atoms with Crippen LogP contribution in [0.15, 0.2) is 0 Å². The van der Waals surface area contributed by atoms with E-state index in [0.717, 1.165) is 32.2 Å². The van der Waals surface area contributed by atoms with Gasteiger partial charge in [0.15, 0.2) is 0 Å². The number of unbranched alkanes of at least 4 members (excludes halogenated alkanes) is 1. The fourth-order valence-corrected chi connectivity index (χ4v) is 2.30. The van der Waals surface area contributed by atoms with Crippen molar-refractivity contribution >= 4 is 5.91 Å². The van der Waals surface area contributed by atoms with E-state index in [1.807, 2.05) is 7.05 Å². The fraction of sp³-hybridized carbons (Fsp3) is 0.923. The van der Waals surface area contributed by atoms with E-state index in [9.17, 15) is 9.90 Å². The number of aliphatic hydroxyl groups is 1. The number of nitrogens with one attached hydrogen (secondary N) is 3. The van der Waals surface area contributed by atoms with Gasteiger partial charge in [-0.25, -0.2) is 0 Å². The van der Waals surface area contributed by atoms with Crippen molar-refractivity contribution in [3.63, 3.8) is 0 Å². The molecule has 1 heterocycles. The van der Waals surface area contributed by atoms with E-state index in [4.69, 9.17) is 0 Å². The second-order valence-electron chi connectivity index (χ2n) is 5.51. The largest absolute Gasteiger partial charge is 0.376 e. The van der Waals surface area contributed by atoms with Crippen LogP contribution in [0.5, 0.6) is 0 Å². The topological polar surface area (TPSA) is 73.4 Å². The Hall–Kier alpha value is -0.650. The summed E-state index contributed by atoms with van der Waals surface area (Å²) in [6.07, 6.45) is 3.01. The van der Waals surface area contributed by atoms with Gasteiger partial charge in [0.05, 0.1) is 12.1 Å². The van der Waals surface area contributed by atoms with Gasteiger partial charge in [0.2, 0.25) is 5.91 Å². The Balaban J connectivity index is 2.34. The van der Waals surface area contributed by atoms with Gasteiger partial charge < -0.3 is 15.7 Å². The molecule has 0 aromatic carbocycles. The van der Waals surface area contributed by atoms with Crippen LogP contribution < -0.4 is 16.0 Å². The summed E-state index contributed by atoms with van der Waals surface area (Å²) in [6.45, 7) is 5.12. The second-order valence-corrected chi connectivity index (χ2v) is 5.51. The molecule has 1 amide bonds. The summed E-state index contributed by atoms with van der Waals surface area (Å²) in [6, 6.07) is -0.411. The lowest BCUT2D eigenvalue weighted by Gasteiger charge is -2.35. The van der Waals surface area contributed by atoms with E-state index in [0.29, 0.717) is 5.92 Å². The summed E-state index contributed by atoms with van der Waals surface area (Å²) in [7, 11) is 1.93. The highest BCUT2D eigenvalue weighted by Gasteiger charge is 2.33. The van der Waals surface area contributed by atoms with Gasteiger partial charge in [0.1, 0.15) is 6.23 Å². The third-order valence-electron chi connectivity index (χ3n) is 3.30. The molecule has 1 rings (SSSR count). The molecule has 3 unspecified atom stereocenters. The predicted octanol–water partition coefficient (Wildman–Crippen LogP) is 0.197. The van der Waals surface area contributed by atoms with Gasteiger partial charge in [-0.05, 0) is 45.2 Å². The van der Waals surface area contributed by atoms with Crippen molar-refractivity contribution in [3.8, 4) is 0 Å². The van der Waals surface area contributed by atoms with Gasteiger partial charge in [-0.3, -0.25) is 10.1 Å². The first-order chi connectivity index (χ1) is 8.54. The Morgan fingerprint density at radius 3 is 2.72 bits per heavy atom. The first kappa shape index (κ1) is 15.4. The number of amides is 1.